The summed E-state index contributed by atoms with van der Waals surface area (Å²) in [6.45, 7) is 9.30. The minimum Gasteiger partial charge on any atom is -0.462 e. The molecule has 0 aliphatic rings. The van der Waals surface area contributed by atoms with Gasteiger partial charge >= 0.3 is 39.5 Å². The van der Waals surface area contributed by atoms with Crippen LogP contribution in [-0.2, 0) is 65.4 Å². The van der Waals surface area contributed by atoms with Crippen LogP contribution in [0.4, 0.5) is 0 Å². The highest BCUT2D eigenvalue weighted by Crippen LogP contribution is 2.45. The Morgan fingerprint density at radius 1 is 0.333 bits per heavy atom. The molecule has 0 bridgehead atoms. The number of carbonyl (C=O) groups is 4. The lowest BCUT2D eigenvalue weighted by Gasteiger charge is -2.21. The van der Waals surface area contributed by atoms with Crippen molar-refractivity contribution in [2.24, 2.45) is 11.8 Å². The van der Waals surface area contributed by atoms with Gasteiger partial charge in [0.15, 0.2) is 12.2 Å². The number of phosphoric ester groups is 2. The second-order valence-corrected chi connectivity index (χ2v) is 26.3. The summed E-state index contributed by atoms with van der Waals surface area (Å²) in [4.78, 5) is 71.9. The van der Waals surface area contributed by atoms with Crippen LogP contribution in [0.2, 0.25) is 0 Å². The van der Waals surface area contributed by atoms with E-state index in [-0.39, 0.29) is 25.7 Å². The first-order valence-electron chi connectivity index (χ1n) is 32.5. The maximum atomic E-state index is 12.9. The highest BCUT2D eigenvalue weighted by molar-refractivity contribution is 7.47. The van der Waals surface area contributed by atoms with E-state index in [0.717, 1.165) is 102 Å². The fourth-order valence-corrected chi connectivity index (χ4v) is 10.8. The minimum atomic E-state index is -4.94. The molecule has 480 valence electrons. The van der Waals surface area contributed by atoms with Crippen LogP contribution in [0, 0.1) is 11.8 Å². The van der Waals surface area contributed by atoms with Crippen molar-refractivity contribution in [2.45, 2.75) is 323 Å². The van der Waals surface area contributed by atoms with E-state index in [1.54, 1.807) is 0 Å². The van der Waals surface area contributed by atoms with Gasteiger partial charge in [-0.05, 0) is 37.5 Å². The molecule has 0 rings (SSSR count). The number of hydrogen-bond donors (Lipinski definition) is 3. The first-order valence-corrected chi connectivity index (χ1v) is 35.5. The molecule has 3 N–H and O–H groups in total. The molecule has 19 heteroatoms. The van der Waals surface area contributed by atoms with Crippen molar-refractivity contribution < 1.29 is 80.2 Å². The van der Waals surface area contributed by atoms with Gasteiger partial charge in [0.1, 0.15) is 19.3 Å². The third-order valence-corrected chi connectivity index (χ3v) is 16.1. The molecule has 0 amide bonds. The number of aliphatic hydroxyl groups excluding tert-OH is 1. The summed E-state index contributed by atoms with van der Waals surface area (Å²) in [5.74, 6) is -0.726. The van der Waals surface area contributed by atoms with E-state index < -0.39 is 97.5 Å². The smallest absolute Gasteiger partial charge is 0.462 e. The van der Waals surface area contributed by atoms with Crippen molar-refractivity contribution in [3.8, 4) is 0 Å². The van der Waals surface area contributed by atoms with Gasteiger partial charge in [0.25, 0.3) is 0 Å². The van der Waals surface area contributed by atoms with Crippen molar-refractivity contribution in [3.05, 3.63) is 0 Å². The molecule has 0 fully saturated rings. The predicted octanol–water partition coefficient (Wildman–Crippen LogP) is 16.9. The van der Waals surface area contributed by atoms with Crippen LogP contribution in [0.1, 0.15) is 305 Å². The minimum absolute atomic E-state index is 0.102. The van der Waals surface area contributed by atoms with Crippen LogP contribution in [0.5, 0.6) is 0 Å². The second-order valence-electron chi connectivity index (χ2n) is 23.4. The maximum absolute atomic E-state index is 12.9. The molecule has 0 radical (unpaired) electrons. The number of unbranched alkanes of at least 4 members (excludes halogenated alkanes) is 31. The van der Waals surface area contributed by atoms with E-state index in [0.29, 0.717) is 31.6 Å². The first-order chi connectivity index (χ1) is 38.9. The third kappa shape index (κ3) is 56.9. The maximum Gasteiger partial charge on any atom is 0.472 e. The zero-order valence-electron chi connectivity index (χ0n) is 52.1. The van der Waals surface area contributed by atoms with E-state index in [2.05, 4.69) is 41.5 Å². The number of ether oxygens (including phenoxy) is 4. The van der Waals surface area contributed by atoms with Gasteiger partial charge in [-0.2, -0.15) is 0 Å². The molecule has 0 saturated heterocycles. The molecular formula is C62H120O17P2. The van der Waals surface area contributed by atoms with Crippen LogP contribution in [-0.4, -0.2) is 96.7 Å². The standard InChI is InChI=1S/C62H120O17P2/c1-7-9-11-13-14-15-16-17-18-19-20-21-28-34-40-46-61(66)79-58(51-73-60(65)45-39-33-27-23-22-25-31-36-42-54(3)4)53-77-81(70,71)75-49-56(63)48-74-80(68,69)76-52-57(50-72-59(64)44-38-30-12-10-8-2)78-62(67)47-41-35-29-24-26-32-37-43-55(5)6/h54-58,63H,7-53H2,1-6H3,(H,68,69)(H,70,71)/t56-,57+,58+/m0/s1. The Kier molecular flexibility index (Phi) is 53.4. The lowest BCUT2D eigenvalue weighted by Crippen LogP contribution is -2.30. The molecule has 0 aliphatic carbocycles. The summed E-state index contributed by atoms with van der Waals surface area (Å²) < 4.78 is 67.7. The summed E-state index contributed by atoms with van der Waals surface area (Å²) >= 11 is 0. The van der Waals surface area contributed by atoms with E-state index in [4.69, 9.17) is 37.0 Å². The molecule has 0 aromatic heterocycles. The Bertz CT molecular complexity index is 1600. The molecule has 0 aliphatic heterocycles. The normalized spacial score (nSPS) is 14.4. The average molecular weight is 1200 g/mol. The van der Waals surface area contributed by atoms with Gasteiger partial charge in [0, 0.05) is 25.7 Å². The number of esters is 4. The van der Waals surface area contributed by atoms with Crippen molar-refractivity contribution in [2.75, 3.05) is 39.6 Å². The molecule has 81 heavy (non-hydrogen) atoms. The SMILES string of the molecule is CCCCCCCCCCCCCCCCCC(=O)O[C@H](COC(=O)CCCCCCCCCCC(C)C)COP(=O)(O)OC[C@@H](O)COP(=O)(O)OC[C@@H](COC(=O)CCCCCCC)OC(=O)CCCCCCCCCC(C)C. The molecule has 2 unspecified atom stereocenters. The number of hydrogen-bond acceptors (Lipinski definition) is 15. The quantitative estimate of drug-likeness (QED) is 0.0222. The number of phosphoric acid groups is 2. The molecule has 17 nitrogen and oxygen atoms in total. The zero-order chi connectivity index (χ0) is 60.1. The van der Waals surface area contributed by atoms with Gasteiger partial charge in [0.05, 0.1) is 26.4 Å². The lowest BCUT2D eigenvalue weighted by atomic mass is 10.0. The molecule has 0 aromatic rings. The lowest BCUT2D eigenvalue weighted by molar-refractivity contribution is -0.161. The predicted molar refractivity (Wildman–Crippen MR) is 321 cm³/mol. The Balaban J connectivity index is 5.17. The highest BCUT2D eigenvalue weighted by Gasteiger charge is 2.30. The van der Waals surface area contributed by atoms with Gasteiger partial charge in [-0.1, -0.05) is 253 Å². The summed E-state index contributed by atoms with van der Waals surface area (Å²) in [5, 5.41) is 10.5. The summed E-state index contributed by atoms with van der Waals surface area (Å²) in [6.07, 6.45) is 36.7. The Labute approximate surface area is 492 Å². The fraction of sp³-hybridized carbons (Fsp3) is 0.935. The largest absolute Gasteiger partial charge is 0.472 e. The summed E-state index contributed by atoms with van der Waals surface area (Å²) in [5.41, 5.74) is 0. The third-order valence-electron chi connectivity index (χ3n) is 14.2. The van der Waals surface area contributed by atoms with Gasteiger partial charge in [0.2, 0.25) is 0 Å². The second kappa shape index (κ2) is 54.7. The molecule has 0 aromatic carbocycles. The van der Waals surface area contributed by atoms with E-state index in [1.165, 1.54) is 116 Å². The van der Waals surface area contributed by atoms with Crippen LogP contribution in [0.25, 0.3) is 0 Å². The molecule has 5 atom stereocenters. The topological polar surface area (TPSA) is 237 Å². The Morgan fingerprint density at radius 2 is 0.568 bits per heavy atom. The summed E-state index contributed by atoms with van der Waals surface area (Å²) in [6, 6.07) is 0. The first kappa shape index (κ1) is 79.1. The monoisotopic (exact) mass is 1200 g/mol. The van der Waals surface area contributed by atoms with Crippen LogP contribution in [0.3, 0.4) is 0 Å². The van der Waals surface area contributed by atoms with Crippen LogP contribution >= 0.6 is 15.6 Å². The molecular weight excluding hydrogens is 1080 g/mol. The molecule has 0 heterocycles. The molecule has 0 spiro atoms. The van der Waals surface area contributed by atoms with Crippen LogP contribution in [0.15, 0.2) is 0 Å². The average Bonchev–Trinajstić information content (AvgIpc) is 3.42. The van der Waals surface area contributed by atoms with Gasteiger partial charge < -0.3 is 33.8 Å². The molecule has 0 saturated carbocycles. The summed E-state index contributed by atoms with van der Waals surface area (Å²) in [7, 11) is -9.87. The van der Waals surface area contributed by atoms with Gasteiger partial charge in [-0.15, -0.1) is 0 Å². The van der Waals surface area contributed by atoms with Crippen molar-refractivity contribution >= 4 is 39.5 Å². The Morgan fingerprint density at radius 3 is 0.840 bits per heavy atom. The van der Waals surface area contributed by atoms with Crippen molar-refractivity contribution in [1.29, 1.82) is 0 Å². The number of aliphatic hydroxyl groups is 1. The van der Waals surface area contributed by atoms with Crippen molar-refractivity contribution in [3.63, 3.8) is 0 Å². The van der Waals surface area contributed by atoms with Gasteiger partial charge in [-0.3, -0.25) is 37.3 Å². The number of rotatable bonds is 61. The fourth-order valence-electron chi connectivity index (χ4n) is 9.18. The zero-order valence-corrected chi connectivity index (χ0v) is 53.9. The van der Waals surface area contributed by atoms with E-state index in [9.17, 15) is 43.2 Å². The van der Waals surface area contributed by atoms with Crippen molar-refractivity contribution in [1.82, 2.24) is 0 Å². The van der Waals surface area contributed by atoms with E-state index in [1.807, 2.05) is 0 Å². The van der Waals surface area contributed by atoms with Crippen LogP contribution < -0.4 is 0 Å². The van der Waals surface area contributed by atoms with E-state index >= 15 is 0 Å². The Hall–Kier alpha value is -1.94. The number of carbonyl (C=O) groups excluding carboxylic acids is 4. The van der Waals surface area contributed by atoms with Gasteiger partial charge in [-0.25, -0.2) is 9.13 Å². The highest BCUT2D eigenvalue weighted by atomic mass is 31.2.